The van der Waals surface area contributed by atoms with Gasteiger partial charge in [-0.15, -0.1) is 0 Å². The molecule has 1 saturated carbocycles. The summed E-state index contributed by atoms with van der Waals surface area (Å²) in [4.78, 5) is 36.8. The number of anilines is 1. The van der Waals surface area contributed by atoms with Gasteiger partial charge >= 0.3 is 0 Å². The van der Waals surface area contributed by atoms with Crippen LogP contribution in [-0.4, -0.2) is 76.7 Å². The number of fused-ring (bicyclic) bond motifs is 1. The molecule has 262 valence electrons. The lowest BCUT2D eigenvalue weighted by molar-refractivity contribution is -0.119. The second-order valence-electron chi connectivity index (χ2n) is 13.1. The van der Waals surface area contributed by atoms with Crippen molar-refractivity contribution in [2.24, 2.45) is 7.05 Å². The van der Waals surface area contributed by atoms with E-state index in [1.165, 1.54) is 12.8 Å². The van der Waals surface area contributed by atoms with Gasteiger partial charge in [-0.1, -0.05) is 47.5 Å². The highest BCUT2D eigenvalue weighted by molar-refractivity contribution is 6.39. The van der Waals surface area contributed by atoms with E-state index in [2.05, 4.69) is 25.8 Å². The van der Waals surface area contributed by atoms with Gasteiger partial charge in [0.15, 0.2) is 5.82 Å². The molecule has 0 bridgehead atoms. The first-order valence-electron chi connectivity index (χ1n) is 17.1. The Kier molecular flexibility index (Phi) is 10.4. The number of ether oxygens (including phenoxy) is 2. The molecular formula is C37H41Cl2N7O4. The summed E-state index contributed by atoms with van der Waals surface area (Å²) in [7, 11) is 3.52. The molecular weight excluding hydrogens is 677 g/mol. The molecule has 1 aliphatic carbocycles. The summed E-state index contributed by atoms with van der Waals surface area (Å²) in [5, 5.41) is 10.2. The van der Waals surface area contributed by atoms with Gasteiger partial charge in [-0.05, 0) is 37.5 Å². The SMILES string of the molecule is COc1cc(-c2nccc(-c3cccc(NC(=O)c4nc5c(n4C)CCN(CCOC4CC4)C5)c3Cl)c2Cl)ccc1CNC[C@H]1CCC(=O)N1. The van der Waals surface area contributed by atoms with Crippen molar-refractivity contribution in [2.45, 2.75) is 57.3 Å². The zero-order chi connectivity index (χ0) is 34.8. The molecule has 2 amide bonds. The maximum absolute atomic E-state index is 13.6. The first-order chi connectivity index (χ1) is 24.3. The molecule has 3 N–H and O–H groups in total. The Hall–Kier alpha value is -4.00. The second-order valence-corrected chi connectivity index (χ2v) is 13.8. The standard InChI is InChI=1S/C37H41Cl2N7O4/c1-45-30-13-15-46(16-17-50-25-9-10-25)21-29(30)43-36(45)37(48)44-28-5-3-4-26(33(28)38)27-12-14-41-35(34(27)39)22-6-7-23(31(18-22)49-2)19-40-20-24-8-11-32(47)42-24/h3-7,12,14,18,24-25,40H,8-11,13,15-17,19-21H2,1-2H3,(H,42,47)(H,44,48)/t24-/m1/s1. The van der Waals surface area contributed by atoms with Gasteiger partial charge in [0.05, 0.1) is 46.9 Å². The minimum absolute atomic E-state index is 0.100. The number of halogens is 2. The van der Waals surface area contributed by atoms with Crippen molar-refractivity contribution in [1.82, 2.24) is 30.1 Å². The molecule has 4 aromatic rings. The zero-order valence-electron chi connectivity index (χ0n) is 28.2. The van der Waals surface area contributed by atoms with Crippen molar-refractivity contribution in [3.63, 3.8) is 0 Å². The molecule has 50 heavy (non-hydrogen) atoms. The summed E-state index contributed by atoms with van der Waals surface area (Å²) in [5.41, 5.74) is 6.13. The van der Waals surface area contributed by atoms with Gasteiger partial charge in [0.1, 0.15) is 5.75 Å². The topological polar surface area (TPSA) is 123 Å². The van der Waals surface area contributed by atoms with Crippen molar-refractivity contribution in [1.29, 1.82) is 0 Å². The minimum Gasteiger partial charge on any atom is -0.496 e. The minimum atomic E-state index is -0.333. The molecule has 0 radical (unpaired) electrons. The van der Waals surface area contributed by atoms with Crippen LogP contribution in [0.1, 0.15) is 53.3 Å². The maximum atomic E-state index is 13.6. The number of amides is 2. The predicted octanol–water partition coefficient (Wildman–Crippen LogP) is 5.62. The predicted molar refractivity (Wildman–Crippen MR) is 194 cm³/mol. The third-order valence-corrected chi connectivity index (χ3v) is 10.4. The molecule has 3 aliphatic rings. The number of benzene rings is 2. The van der Waals surface area contributed by atoms with E-state index >= 15 is 0 Å². The number of imidazole rings is 1. The Morgan fingerprint density at radius 2 is 1.92 bits per heavy atom. The van der Waals surface area contributed by atoms with Crippen molar-refractivity contribution in [3.05, 3.63) is 81.5 Å². The van der Waals surface area contributed by atoms with Crippen LogP contribution in [0.2, 0.25) is 10.0 Å². The van der Waals surface area contributed by atoms with Crippen molar-refractivity contribution >= 4 is 40.7 Å². The number of hydrogen-bond acceptors (Lipinski definition) is 8. The van der Waals surface area contributed by atoms with Gasteiger partial charge in [0.25, 0.3) is 5.91 Å². The van der Waals surface area contributed by atoms with E-state index in [9.17, 15) is 9.59 Å². The lowest BCUT2D eigenvalue weighted by Crippen LogP contribution is -2.35. The summed E-state index contributed by atoms with van der Waals surface area (Å²) in [6.07, 6.45) is 6.70. The molecule has 4 heterocycles. The van der Waals surface area contributed by atoms with Gasteiger partial charge in [-0.25, -0.2) is 4.98 Å². The van der Waals surface area contributed by atoms with E-state index in [1.807, 2.05) is 48.0 Å². The highest BCUT2D eigenvalue weighted by atomic mass is 35.5. The maximum Gasteiger partial charge on any atom is 0.291 e. The molecule has 0 unspecified atom stereocenters. The number of carbonyl (C=O) groups excluding carboxylic acids is 2. The van der Waals surface area contributed by atoms with E-state index in [1.54, 1.807) is 19.4 Å². The molecule has 7 rings (SSSR count). The number of pyridine rings is 1. The molecule has 2 aromatic heterocycles. The molecule has 1 atom stereocenters. The van der Waals surface area contributed by atoms with Gasteiger partial charge in [-0.2, -0.15) is 0 Å². The van der Waals surface area contributed by atoms with Crippen LogP contribution in [0.15, 0.2) is 48.7 Å². The van der Waals surface area contributed by atoms with E-state index in [-0.39, 0.29) is 17.9 Å². The number of methoxy groups -OCH3 is 1. The van der Waals surface area contributed by atoms with Crippen LogP contribution in [0.4, 0.5) is 5.69 Å². The summed E-state index contributed by atoms with van der Waals surface area (Å²) in [5.74, 6) is 0.807. The Morgan fingerprint density at radius 3 is 2.70 bits per heavy atom. The fourth-order valence-electron chi connectivity index (χ4n) is 6.68. The summed E-state index contributed by atoms with van der Waals surface area (Å²) < 4.78 is 13.4. The third kappa shape index (κ3) is 7.52. The van der Waals surface area contributed by atoms with Crippen LogP contribution < -0.4 is 20.7 Å². The number of rotatable bonds is 13. The fraction of sp³-hybridized carbons (Fsp3) is 0.405. The lowest BCUT2D eigenvalue weighted by Gasteiger charge is -2.26. The fourth-order valence-corrected chi connectivity index (χ4v) is 7.27. The monoisotopic (exact) mass is 717 g/mol. The second kappa shape index (κ2) is 15.1. The van der Waals surface area contributed by atoms with Crippen LogP contribution in [0.5, 0.6) is 5.75 Å². The first kappa shape index (κ1) is 34.4. The largest absolute Gasteiger partial charge is 0.496 e. The highest BCUT2D eigenvalue weighted by Crippen LogP contribution is 2.41. The highest BCUT2D eigenvalue weighted by Gasteiger charge is 2.27. The van der Waals surface area contributed by atoms with Crippen LogP contribution in [0, 0.1) is 0 Å². The lowest BCUT2D eigenvalue weighted by atomic mass is 10.0. The Labute approximate surface area is 301 Å². The first-order valence-corrected chi connectivity index (χ1v) is 17.8. The number of nitrogens with zero attached hydrogens (tertiary/aromatic N) is 4. The Morgan fingerprint density at radius 1 is 1.08 bits per heavy atom. The van der Waals surface area contributed by atoms with Gasteiger partial charge in [-0.3, -0.25) is 19.5 Å². The van der Waals surface area contributed by atoms with Crippen molar-refractivity contribution in [2.75, 3.05) is 38.7 Å². The number of carbonyl (C=O) groups is 2. The number of nitrogens with one attached hydrogen (secondary N) is 3. The molecule has 0 spiro atoms. The molecule has 13 heteroatoms. The molecule has 11 nitrogen and oxygen atoms in total. The van der Waals surface area contributed by atoms with E-state index in [0.717, 1.165) is 55.1 Å². The Bertz CT molecular complexity index is 1910. The number of hydrogen-bond donors (Lipinski definition) is 3. The molecule has 2 fully saturated rings. The van der Waals surface area contributed by atoms with Gasteiger partial charge < -0.3 is 30.0 Å². The van der Waals surface area contributed by atoms with Gasteiger partial charge in [0.2, 0.25) is 5.91 Å². The summed E-state index contributed by atoms with van der Waals surface area (Å²) >= 11 is 14.0. The summed E-state index contributed by atoms with van der Waals surface area (Å²) in [6.45, 7) is 4.44. The third-order valence-electron chi connectivity index (χ3n) is 9.60. The van der Waals surface area contributed by atoms with Crippen LogP contribution in [-0.2, 0) is 36.1 Å². The van der Waals surface area contributed by atoms with Crippen LogP contribution in [0.25, 0.3) is 22.4 Å². The van der Waals surface area contributed by atoms with Crippen LogP contribution >= 0.6 is 23.2 Å². The van der Waals surface area contributed by atoms with E-state index < -0.39 is 0 Å². The van der Waals surface area contributed by atoms with Crippen LogP contribution in [0.3, 0.4) is 0 Å². The normalized spacial score (nSPS) is 17.4. The zero-order valence-corrected chi connectivity index (χ0v) is 29.7. The smallest absolute Gasteiger partial charge is 0.291 e. The van der Waals surface area contributed by atoms with Gasteiger partial charge in [0, 0.05) is 92.8 Å². The molecule has 1 saturated heterocycles. The number of aromatic nitrogens is 3. The van der Waals surface area contributed by atoms with E-state index in [4.69, 9.17) is 37.7 Å². The average Bonchev–Trinajstić information content (AvgIpc) is 3.76. The summed E-state index contributed by atoms with van der Waals surface area (Å²) in [6, 6.07) is 13.3. The van der Waals surface area contributed by atoms with E-state index in [0.29, 0.717) is 76.3 Å². The average molecular weight is 719 g/mol. The molecule has 2 aromatic carbocycles. The molecule has 2 aliphatic heterocycles. The quantitative estimate of drug-likeness (QED) is 0.163. The van der Waals surface area contributed by atoms with Crippen molar-refractivity contribution in [3.8, 4) is 28.1 Å². The Balaban J connectivity index is 1.05. The van der Waals surface area contributed by atoms with Crippen molar-refractivity contribution < 1.29 is 19.1 Å².